The third-order valence-electron chi connectivity index (χ3n) is 4.63. The Morgan fingerprint density at radius 1 is 1.34 bits per heavy atom. The summed E-state index contributed by atoms with van der Waals surface area (Å²) >= 11 is 0. The minimum atomic E-state index is -0.218. The molecule has 1 aromatic heterocycles. The molecule has 29 heavy (non-hydrogen) atoms. The number of piperidine rings is 1. The van der Waals surface area contributed by atoms with Crippen molar-refractivity contribution < 1.29 is 18.7 Å². The van der Waals surface area contributed by atoms with Gasteiger partial charge in [-0.15, -0.1) is 24.0 Å². The highest BCUT2D eigenvalue weighted by molar-refractivity contribution is 14.0. The van der Waals surface area contributed by atoms with Crippen molar-refractivity contribution in [2.24, 2.45) is 4.99 Å². The van der Waals surface area contributed by atoms with E-state index >= 15 is 0 Å². The largest absolute Gasteiger partial charge is 0.469 e. The third kappa shape index (κ3) is 10.2. The average Bonchev–Trinajstić information content (AvgIpc) is 3.22. The molecule has 1 saturated heterocycles. The van der Waals surface area contributed by atoms with Crippen LogP contribution in [0.25, 0.3) is 0 Å². The number of guanidine groups is 1. The minimum Gasteiger partial charge on any atom is -0.469 e. The summed E-state index contributed by atoms with van der Waals surface area (Å²) in [4.78, 5) is 18.3. The van der Waals surface area contributed by atoms with E-state index in [0.717, 1.165) is 63.5 Å². The highest BCUT2D eigenvalue weighted by atomic mass is 127. The second-order valence-electron chi connectivity index (χ2n) is 6.79. The Kier molecular flexibility index (Phi) is 13.5. The fourth-order valence-corrected chi connectivity index (χ4v) is 3.08. The summed E-state index contributed by atoms with van der Waals surface area (Å²) in [6.07, 6.45) is 6.01. The van der Waals surface area contributed by atoms with E-state index in [1.807, 2.05) is 19.1 Å². The van der Waals surface area contributed by atoms with Gasteiger partial charge < -0.3 is 29.4 Å². The maximum Gasteiger partial charge on any atom is 0.409 e. The van der Waals surface area contributed by atoms with Crippen LogP contribution in [0.4, 0.5) is 4.79 Å². The molecular formula is C20H35IN4O4. The molecule has 0 unspecified atom stereocenters. The third-order valence-corrected chi connectivity index (χ3v) is 4.63. The molecule has 0 aromatic carbocycles. The number of methoxy groups -OCH3 is 1. The number of aliphatic imine (C=N–C) groups is 1. The molecular weight excluding hydrogens is 487 g/mol. The lowest BCUT2D eigenvalue weighted by Crippen LogP contribution is -2.50. The van der Waals surface area contributed by atoms with Crippen molar-refractivity contribution in [3.8, 4) is 0 Å². The number of halogens is 1. The van der Waals surface area contributed by atoms with Gasteiger partial charge in [-0.2, -0.15) is 0 Å². The fourth-order valence-electron chi connectivity index (χ4n) is 3.08. The zero-order chi connectivity index (χ0) is 20.0. The van der Waals surface area contributed by atoms with E-state index in [1.165, 1.54) is 0 Å². The van der Waals surface area contributed by atoms with E-state index in [0.29, 0.717) is 25.7 Å². The summed E-state index contributed by atoms with van der Waals surface area (Å²) in [6, 6.07) is 4.16. The van der Waals surface area contributed by atoms with Gasteiger partial charge in [0.2, 0.25) is 0 Å². The van der Waals surface area contributed by atoms with Crippen LogP contribution in [0.15, 0.2) is 27.8 Å². The lowest BCUT2D eigenvalue weighted by molar-refractivity contribution is 0.0963. The van der Waals surface area contributed by atoms with Crippen molar-refractivity contribution in [3.63, 3.8) is 0 Å². The molecule has 1 aliphatic rings. The molecule has 1 aromatic rings. The number of hydrogen-bond acceptors (Lipinski definition) is 5. The first kappa shape index (κ1) is 25.5. The number of ether oxygens (including phenoxy) is 2. The fraction of sp³-hybridized carbons (Fsp3) is 0.700. The molecule has 9 heteroatoms. The second kappa shape index (κ2) is 15.4. The van der Waals surface area contributed by atoms with Crippen LogP contribution < -0.4 is 10.6 Å². The Hall–Kier alpha value is -1.49. The van der Waals surface area contributed by atoms with Gasteiger partial charge in [-0.05, 0) is 44.7 Å². The first-order chi connectivity index (χ1) is 13.7. The molecule has 0 atom stereocenters. The molecule has 2 N–H and O–H groups in total. The highest BCUT2D eigenvalue weighted by Crippen LogP contribution is 2.11. The molecule has 8 nitrogen and oxygen atoms in total. The molecule has 0 spiro atoms. The van der Waals surface area contributed by atoms with Gasteiger partial charge in [-0.25, -0.2) is 4.79 Å². The molecule has 1 amide bonds. The van der Waals surface area contributed by atoms with Gasteiger partial charge >= 0.3 is 6.09 Å². The Morgan fingerprint density at radius 3 is 2.79 bits per heavy atom. The standard InChI is InChI=1S/C20H34N4O4.HI/c1-3-27-20(25)24-13-9-17(10-14-24)23-19(21-11-4-5-15-26-2)22-12-8-18-7-6-16-28-18;/h6-7,16-17H,3-5,8-15H2,1-2H3,(H2,21,22,23);1H. The average molecular weight is 522 g/mol. The Morgan fingerprint density at radius 2 is 2.14 bits per heavy atom. The molecule has 0 saturated carbocycles. The van der Waals surface area contributed by atoms with E-state index in [4.69, 9.17) is 18.9 Å². The number of rotatable bonds is 10. The molecule has 2 heterocycles. The predicted molar refractivity (Wildman–Crippen MR) is 124 cm³/mol. The minimum absolute atomic E-state index is 0. The van der Waals surface area contributed by atoms with Gasteiger partial charge in [0.15, 0.2) is 5.96 Å². The molecule has 166 valence electrons. The summed E-state index contributed by atoms with van der Waals surface area (Å²) in [5, 5.41) is 6.91. The zero-order valence-corrected chi connectivity index (χ0v) is 19.9. The lowest BCUT2D eigenvalue weighted by atomic mass is 10.1. The van der Waals surface area contributed by atoms with Crippen LogP contribution in [-0.2, 0) is 15.9 Å². The van der Waals surface area contributed by atoms with Crippen molar-refractivity contribution in [2.75, 3.05) is 46.5 Å². The van der Waals surface area contributed by atoms with Gasteiger partial charge in [0.05, 0.1) is 12.9 Å². The monoisotopic (exact) mass is 522 g/mol. The highest BCUT2D eigenvalue weighted by Gasteiger charge is 2.24. The van der Waals surface area contributed by atoms with Crippen LogP contribution in [0.3, 0.4) is 0 Å². The maximum absolute atomic E-state index is 11.8. The van der Waals surface area contributed by atoms with Crippen LogP contribution in [0, 0.1) is 0 Å². The van der Waals surface area contributed by atoms with Crippen LogP contribution >= 0.6 is 24.0 Å². The van der Waals surface area contributed by atoms with E-state index in [1.54, 1.807) is 18.3 Å². The number of furan rings is 1. The quantitative estimate of drug-likeness (QED) is 0.213. The van der Waals surface area contributed by atoms with Gasteiger partial charge in [0.1, 0.15) is 5.76 Å². The van der Waals surface area contributed by atoms with Crippen molar-refractivity contribution in [1.29, 1.82) is 0 Å². The van der Waals surface area contributed by atoms with E-state index in [9.17, 15) is 4.79 Å². The topological polar surface area (TPSA) is 88.3 Å². The summed E-state index contributed by atoms with van der Waals surface area (Å²) in [6.45, 7) is 5.90. The number of carbonyl (C=O) groups is 1. The van der Waals surface area contributed by atoms with Crippen molar-refractivity contribution in [1.82, 2.24) is 15.5 Å². The van der Waals surface area contributed by atoms with Gasteiger partial charge in [0, 0.05) is 52.4 Å². The Balaban J connectivity index is 0.00000420. The number of likely N-dealkylation sites (tertiary alicyclic amines) is 1. The number of carbonyl (C=O) groups excluding carboxylic acids is 1. The van der Waals surface area contributed by atoms with Crippen LogP contribution in [0.2, 0.25) is 0 Å². The Bertz CT molecular complexity index is 575. The second-order valence-corrected chi connectivity index (χ2v) is 6.79. The van der Waals surface area contributed by atoms with Crippen molar-refractivity contribution in [3.05, 3.63) is 24.2 Å². The van der Waals surface area contributed by atoms with E-state index in [2.05, 4.69) is 10.6 Å². The Labute approximate surface area is 190 Å². The van der Waals surface area contributed by atoms with Gasteiger partial charge in [-0.1, -0.05) is 0 Å². The van der Waals surface area contributed by atoms with E-state index in [-0.39, 0.29) is 30.1 Å². The number of nitrogens with one attached hydrogen (secondary N) is 2. The summed E-state index contributed by atoms with van der Waals surface area (Å²) in [5.74, 6) is 1.77. The van der Waals surface area contributed by atoms with Gasteiger partial charge in [0.25, 0.3) is 0 Å². The number of amides is 1. The maximum atomic E-state index is 11.8. The number of nitrogens with zero attached hydrogens (tertiary/aromatic N) is 2. The summed E-state index contributed by atoms with van der Waals surface area (Å²) < 4.78 is 15.6. The normalized spacial score (nSPS) is 15.0. The van der Waals surface area contributed by atoms with E-state index < -0.39 is 0 Å². The SMILES string of the molecule is CCOC(=O)N1CCC(NC(=NCCCCOC)NCCc2ccco2)CC1.I. The first-order valence-electron chi connectivity index (χ1n) is 10.2. The zero-order valence-electron chi connectivity index (χ0n) is 17.5. The molecule has 2 rings (SSSR count). The lowest BCUT2D eigenvalue weighted by Gasteiger charge is -2.32. The van der Waals surface area contributed by atoms with Crippen molar-refractivity contribution in [2.45, 2.75) is 45.1 Å². The van der Waals surface area contributed by atoms with Crippen molar-refractivity contribution >= 4 is 36.0 Å². The van der Waals surface area contributed by atoms with Gasteiger partial charge in [-0.3, -0.25) is 4.99 Å². The molecule has 0 radical (unpaired) electrons. The number of unbranched alkanes of at least 4 members (excludes halogenated alkanes) is 1. The van der Waals surface area contributed by atoms with Crippen LogP contribution in [0.5, 0.6) is 0 Å². The predicted octanol–water partition coefficient (Wildman–Crippen LogP) is 3.02. The molecule has 1 aliphatic heterocycles. The van der Waals surface area contributed by atoms with Crippen LogP contribution in [-0.4, -0.2) is 69.5 Å². The number of hydrogen-bond donors (Lipinski definition) is 2. The first-order valence-corrected chi connectivity index (χ1v) is 10.2. The molecule has 0 aliphatic carbocycles. The summed E-state index contributed by atoms with van der Waals surface area (Å²) in [7, 11) is 1.72. The smallest absolute Gasteiger partial charge is 0.409 e. The summed E-state index contributed by atoms with van der Waals surface area (Å²) in [5.41, 5.74) is 0. The van der Waals surface area contributed by atoms with Crippen LogP contribution in [0.1, 0.15) is 38.4 Å². The molecule has 1 fully saturated rings. The molecule has 0 bridgehead atoms.